The molecule has 0 saturated heterocycles. The summed E-state index contributed by atoms with van der Waals surface area (Å²) in [7, 11) is 0. The third kappa shape index (κ3) is 1.04. The van der Waals surface area contributed by atoms with Gasteiger partial charge >= 0.3 is 5.97 Å². The zero-order valence-electron chi connectivity index (χ0n) is 5.22. The molecule has 1 aliphatic carbocycles. The fourth-order valence-corrected chi connectivity index (χ4v) is 0.800. The number of alkyl halides is 1. The van der Waals surface area contributed by atoms with Gasteiger partial charge in [0, 0.05) is 5.92 Å². The van der Waals surface area contributed by atoms with E-state index in [1.165, 1.54) is 0 Å². The van der Waals surface area contributed by atoms with E-state index in [4.69, 9.17) is 5.11 Å². The van der Waals surface area contributed by atoms with Crippen LogP contribution in [0.3, 0.4) is 0 Å². The third-order valence-electron chi connectivity index (χ3n) is 1.76. The van der Waals surface area contributed by atoms with E-state index in [1.807, 2.05) is 0 Å². The average Bonchev–Trinajstić information content (AvgIpc) is 2.42. The van der Waals surface area contributed by atoms with E-state index >= 15 is 0 Å². The van der Waals surface area contributed by atoms with Crippen LogP contribution in [0.2, 0.25) is 0 Å². The Hall–Kier alpha value is -0.600. The van der Waals surface area contributed by atoms with E-state index in [1.54, 1.807) is 0 Å². The molecule has 0 amide bonds. The average molecular weight is 132 g/mol. The second kappa shape index (κ2) is 1.69. The van der Waals surface area contributed by atoms with Gasteiger partial charge in [-0.1, -0.05) is 0 Å². The van der Waals surface area contributed by atoms with Gasteiger partial charge < -0.3 is 5.11 Å². The summed E-state index contributed by atoms with van der Waals surface area (Å²) in [5, 5.41) is 8.28. The number of carboxylic acid groups (broad SMARTS) is 1. The van der Waals surface area contributed by atoms with E-state index in [0.717, 1.165) is 19.8 Å². The van der Waals surface area contributed by atoms with Gasteiger partial charge in [-0.05, 0) is 19.8 Å². The van der Waals surface area contributed by atoms with Crippen molar-refractivity contribution in [2.24, 2.45) is 5.92 Å². The largest absolute Gasteiger partial charge is 0.479 e. The minimum absolute atomic E-state index is 0.227. The molecule has 0 aromatic rings. The highest BCUT2D eigenvalue weighted by atomic mass is 19.1. The van der Waals surface area contributed by atoms with Gasteiger partial charge in [0.2, 0.25) is 5.67 Å². The van der Waals surface area contributed by atoms with E-state index in [-0.39, 0.29) is 5.92 Å². The number of carboxylic acids is 1. The van der Waals surface area contributed by atoms with E-state index in [0.29, 0.717) is 0 Å². The molecule has 2 nitrogen and oxygen atoms in total. The lowest BCUT2D eigenvalue weighted by Crippen LogP contribution is -2.31. The van der Waals surface area contributed by atoms with E-state index in [2.05, 4.69) is 0 Å². The van der Waals surface area contributed by atoms with Crippen molar-refractivity contribution in [1.82, 2.24) is 0 Å². The lowest BCUT2D eigenvalue weighted by molar-refractivity contribution is -0.151. The Bertz CT molecular complexity index is 138. The Morgan fingerprint density at radius 3 is 2.33 bits per heavy atom. The molecule has 1 saturated carbocycles. The molecule has 9 heavy (non-hydrogen) atoms. The van der Waals surface area contributed by atoms with Crippen LogP contribution in [-0.2, 0) is 4.79 Å². The molecule has 3 heteroatoms. The SMILES string of the molecule is CC(F)(C(=O)O)C1CC1. The highest BCUT2D eigenvalue weighted by Crippen LogP contribution is 2.41. The van der Waals surface area contributed by atoms with E-state index in [9.17, 15) is 9.18 Å². The quantitative estimate of drug-likeness (QED) is 0.613. The van der Waals surface area contributed by atoms with Gasteiger partial charge in [0.15, 0.2) is 0 Å². The molecule has 0 aliphatic heterocycles. The summed E-state index contributed by atoms with van der Waals surface area (Å²) in [6, 6.07) is 0. The first kappa shape index (κ1) is 6.52. The van der Waals surface area contributed by atoms with Gasteiger partial charge in [-0.3, -0.25) is 0 Å². The van der Waals surface area contributed by atoms with Crippen LogP contribution in [0.4, 0.5) is 4.39 Å². The molecule has 1 unspecified atom stereocenters. The summed E-state index contributed by atoms with van der Waals surface area (Å²) < 4.78 is 12.8. The van der Waals surface area contributed by atoms with Crippen LogP contribution in [0.25, 0.3) is 0 Å². The molecule has 0 spiro atoms. The van der Waals surface area contributed by atoms with Crippen molar-refractivity contribution in [3.8, 4) is 0 Å². The van der Waals surface area contributed by atoms with Gasteiger partial charge in [-0.25, -0.2) is 9.18 Å². The first-order valence-corrected chi connectivity index (χ1v) is 2.97. The molecular formula is C6H9FO2. The molecular weight excluding hydrogens is 123 g/mol. The van der Waals surface area contributed by atoms with Gasteiger partial charge in [0.05, 0.1) is 0 Å². The Morgan fingerprint density at radius 2 is 2.22 bits per heavy atom. The van der Waals surface area contributed by atoms with Crippen molar-refractivity contribution >= 4 is 5.97 Å². The monoisotopic (exact) mass is 132 g/mol. The van der Waals surface area contributed by atoms with Crippen LogP contribution < -0.4 is 0 Å². The molecule has 1 fully saturated rings. The smallest absolute Gasteiger partial charge is 0.341 e. The van der Waals surface area contributed by atoms with Gasteiger partial charge in [-0.15, -0.1) is 0 Å². The second-order valence-corrected chi connectivity index (χ2v) is 2.66. The summed E-state index contributed by atoms with van der Waals surface area (Å²) in [5.74, 6) is -1.56. The van der Waals surface area contributed by atoms with Crippen molar-refractivity contribution in [3.05, 3.63) is 0 Å². The number of aliphatic carboxylic acids is 1. The summed E-state index contributed by atoms with van der Waals surface area (Å²) in [6.45, 7) is 1.13. The van der Waals surface area contributed by atoms with Crippen LogP contribution in [0, 0.1) is 5.92 Å². The molecule has 1 rings (SSSR count). The van der Waals surface area contributed by atoms with Crippen molar-refractivity contribution in [2.45, 2.75) is 25.4 Å². The summed E-state index contributed by atoms with van der Waals surface area (Å²) >= 11 is 0. The molecule has 0 radical (unpaired) electrons. The van der Waals surface area contributed by atoms with Gasteiger partial charge in [-0.2, -0.15) is 0 Å². The van der Waals surface area contributed by atoms with Gasteiger partial charge in [0.25, 0.3) is 0 Å². The Kier molecular flexibility index (Phi) is 1.22. The molecule has 1 N–H and O–H groups in total. The van der Waals surface area contributed by atoms with Crippen LogP contribution in [0.15, 0.2) is 0 Å². The number of halogens is 1. The maximum atomic E-state index is 12.8. The second-order valence-electron chi connectivity index (χ2n) is 2.66. The molecule has 0 aromatic heterocycles. The first-order valence-electron chi connectivity index (χ1n) is 2.97. The topological polar surface area (TPSA) is 37.3 Å². The van der Waals surface area contributed by atoms with Crippen molar-refractivity contribution in [3.63, 3.8) is 0 Å². The molecule has 1 aliphatic rings. The third-order valence-corrected chi connectivity index (χ3v) is 1.76. The summed E-state index contributed by atoms with van der Waals surface area (Å²) in [6.07, 6.45) is 1.44. The maximum Gasteiger partial charge on any atom is 0.341 e. The molecule has 52 valence electrons. The Balaban J connectivity index is 2.59. The van der Waals surface area contributed by atoms with Crippen molar-refractivity contribution in [2.75, 3.05) is 0 Å². The zero-order valence-corrected chi connectivity index (χ0v) is 5.22. The number of hydrogen-bond donors (Lipinski definition) is 1. The molecule has 0 heterocycles. The minimum atomic E-state index is -1.97. The van der Waals surface area contributed by atoms with Crippen molar-refractivity contribution in [1.29, 1.82) is 0 Å². The first-order chi connectivity index (χ1) is 4.05. The summed E-state index contributed by atoms with van der Waals surface area (Å²) in [5.41, 5.74) is -1.97. The van der Waals surface area contributed by atoms with Crippen LogP contribution in [0.1, 0.15) is 19.8 Å². The standard InChI is InChI=1S/C6H9FO2/c1-6(7,5(8)9)4-2-3-4/h4H,2-3H2,1H3,(H,8,9). The summed E-state index contributed by atoms with van der Waals surface area (Å²) in [4.78, 5) is 10.1. The zero-order chi connectivity index (χ0) is 7.07. The predicted molar refractivity (Wildman–Crippen MR) is 29.9 cm³/mol. The molecule has 0 aromatic carbocycles. The molecule has 0 bridgehead atoms. The predicted octanol–water partition coefficient (Wildman–Crippen LogP) is 1.21. The normalized spacial score (nSPS) is 25.1. The Morgan fingerprint density at radius 1 is 1.78 bits per heavy atom. The van der Waals surface area contributed by atoms with Crippen molar-refractivity contribution < 1.29 is 14.3 Å². The van der Waals surface area contributed by atoms with Crippen LogP contribution in [-0.4, -0.2) is 16.7 Å². The lowest BCUT2D eigenvalue weighted by Gasteiger charge is -2.11. The molecule has 1 atom stereocenters. The fraction of sp³-hybridized carbons (Fsp3) is 0.833. The number of rotatable bonds is 2. The van der Waals surface area contributed by atoms with Gasteiger partial charge in [0.1, 0.15) is 0 Å². The highest BCUT2D eigenvalue weighted by molar-refractivity contribution is 5.77. The van der Waals surface area contributed by atoms with Crippen LogP contribution >= 0.6 is 0 Å². The van der Waals surface area contributed by atoms with Crippen LogP contribution in [0.5, 0.6) is 0 Å². The number of hydrogen-bond acceptors (Lipinski definition) is 1. The lowest BCUT2D eigenvalue weighted by atomic mass is 10.0. The van der Waals surface area contributed by atoms with E-state index < -0.39 is 11.6 Å². The number of carbonyl (C=O) groups is 1. The fourth-order valence-electron chi connectivity index (χ4n) is 0.800. The highest BCUT2D eigenvalue weighted by Gasteiger charge is 2.47. The Labute approximate surface area is 52.7 Å². The minimum Gasteiger partial charge on any atom is -0.479 e. The maximum absolute atomic E-state index is 12.8.